The van der Waals surface area contributed by atoms with Crippen LogP contribution in [0.3, 0.4) is 0 Å². The molecule has 2 aromatic rings. The fourth-order valence-corrected chi connectivity index (χ4v) is 4.71. The number of esters is 1. The lowest BCUT2D eigenvalue weighted by Crippen LogP contribution is -2.22. The maximum atomic E-state index is 12.1. The van der Waals surface area contributed by atoms with E-state index in [0.717, 1.165) is 22.0 Å². The van der Waals surface area contributed by atoms with Crippen molar-refractivity contribution in [3.63, 3.8) is 0 Å². The molecule has 1 unspecified atom stereocenters. The zero-order chi connectivity index (χ0) is 23.9. The molecule has 2 rings (SSSR count). The Morgan fingerprint density at radius 2 is 1.48 bits per heavy atom. The first-order valence-corrected chi connectivity index (χ1v) is 13.8. The lowest BCUT2D eigenvalue weighted by molar-refractivity contribution is -0.134. The summed E-state index contributed by atoms with van der Waals surface area (Å²) < 4.78 is 5.38. The molecule has 0 saturated heterocycles. The molecule has 0 aliphatic carbocycles. The highest BCUT2D eigenvalue weighted by Crippen LogP contribution is 2.24. The number of aromatic nitrogens is 2. The van der Waals surface area contributed by atoms with E-state index < -0.39 is 11.3 Å². The second-order valence-corrected chi connectivity index (χ2v) is 10.6. The maximum absolute atomic E-state index is 12.1. The predicted molar refractivity (Wildman–Crippen MR) is 140 cm³/mol. The van der Waals surface area contributed by atoms with Gasteiger partial charge in [-0.3, -0.25) is 4.79 Å². The van der Waals surface area contributed by atoms with Gasteiger partial charge in [-0.25, -0.2) is 9.97 Å². The van der Waals surface area contributed by atoms with E-state index in [4.69, 9.17) is 16.3 Å². The van der Waals surface area contributed by atoms with Crippen LogP contribution in [0.4, 0.5) is 0 Å². The van der Waals surface area contributed by atoms with Crippen LogP contribution in [0.25, 0.3) is 11.1 Å². The Labute approximate surface area is 209 Å². The number of hydrogen-bond acceptors (Lipinski definition) is 5. The average molecular weight is 491 g/mol. The van der Waals surface area contributed by atoms with Crippen LogP contribution in [0.2, 0.25) is 0 Å². The van der Waals surface area contributed by atoms with Crippen molar-refractivity contribution in [1.29, 1.82) is 0 Å². The van der Waals surface area contributed by atoms with Crippen molar-refractivity contribution in [3.8, 4) is 16.9 Å². The first-order chi connectivity index (χ1) is 16.0. The number of ether oxygens (including phenoxy) is 1. The molecule has 182 valence electrons. The van der Waals surface area contributed by atoms with E-state index >= 15 is 0 Å². The molecule has 1 heterocycles. The van der Waals surface area contributed by atoms with Crippen LogP contribution in [0.15, 0.2) is 41.8 Å². The molecule has 0 radical (unpaired) electrons. The number of carbonyl (C=O) groups is 1. The minimum Gasteiger partial charge on any atom is -0.425 e. The van der Waals surface area contributed by atoms with Crippen molar-refractivity contribution in [2.24, 2.45) is 5.92 Å². The van der Waals surface area contributed by atoms with Gasteiger partial charge in [-0.2, -0.15) is 0 Å². The number of benzene rings is 1. The van der Waals surface area contributed by atoms with Gasteiger partial charge in [0.1, 0.15) is 11.1 Å². The summed E-state index contributed by atoms with van der Waals surface area (Å²) in [6.45, 7) is 6.32. The summed E-state index contributed by atoms with van der Waals surface area (Å²) in [4.78, 5) is 21.1. The summed E-state index contributed by atoms with van der Waals surface area (Å²) >= 11 is 7.84. The molecule has 0 fully saturated rings. The number of halogens is 1. The number of unbranched alkanes of at least 4 members (excludes halogenated alkanes) is 8. The summed E-state index contributed by atoms with van der Waals surface area (Å²) in [6.07, 6.45) is 16.4. The second kappa shape index (κ2) is 16.1. The van der Waals surface area contributed by atoms with Crippen LogP contribution in [0.5, 0.6) is 5.75 Å². The largest absolute Gasteiger partial charge is 0.425 e. The van der Waals surface area contributed by atoms with Gasteiger partial charge >= 0.3 is 5.97 Å². The van der Waals surface area contributed by atoms with Crippen molar-refractivity contribution in [3.05, 3.63) is 36.7 Å². The van der Waals surface area contributed by atoms with E-state index in [9.17, 15) is 4.79 Å². The zero-order valence-electron chi connectivity index (χ0n) is 20.4. The molecule has 0 saturated carbocycles. The number of nitrogens with zero attached hydrogens (tertiary/aromatic N) is 2. The summed E-state index contributed by atoms with van der Waals surface area (Å²) in [5.74, 6) is 1.49. The Kier molecular flexibility index (Phi) is 13.5. The van der Waals surface area contributed by atoms with Gasteiger partial charge in [0.2, 0.25) is 0 Å². The zero-order valence-corrected chi connectivity index (χ0v) is 22.0. The molecule has 4 nitrogen and oxygen atoms in total. The van der Waals surface area contributed by atoms with Crippen LogP contribution in [0.1, 0.15) is 85.0 Å². The third kappa shape index (κ3) is 11.4. The van der Waals surface area contributed by atoms with Crippen LogP contribution in [0, 0.1) is 5.92 Å². The molecule has 0 N–H and O–H groups in total. The first-order valence-electron chi connectivity index (χ1n) is 12.4. The molecule has 0 aliphatic rings. The highest BCUT2D eigenvalue weighted by molar-refractivity contribution is 7.99. The van der Waals surface area contributed by atoms with Gasteiger partial charge < -0.3 is 4.74 Å². The van der Waals surface area contributed by atoms with Gasteiger partial charge in [0.25, 0.3) is 0 Å². The van der Waals surface area contributed by atoms with E-state index in [1.165, 1.54) is 57.8 Å². The Bertz CT molecular complexity index is 797. The first kappa shape index (κ1) is 27.7. The van der Waals surface area contributed by atoms with Gasteiger partial charge in [0.15, 0.2) is 5.16 Å². The number of carbonyl (C=O) groups excluding carboxylic acids is 1. The van der Waals surface area contributed by atoms with Gasteiger partial charge in [-0.1, -0.05) is 96.0 Å². The number of hydrogen-bond donors (Lipinski definition) is 0. The summed E-state index contributed by atoms with van der Waals surface area (Å²) in [5.41, 5.74) is 1.92. The molecule has 1 aromatic heterocycles. The van der Waals surface area contributed by atoms with Crippen LogP contribution in [-0.4, -0.2) is 27.1 Å². The molecule has 0 amide bonds. The third-order valence-electron chi connectivity index (χ3n) is 5.45. The Balaban J connectivity index is 1.69. The topological polar surface area (TPSA) is 52.1 Å². The number of rotatable bonds is 16. The van der Waals surface area contributed by atoms with E-state index in [-0.39, 0.29) is 0 Å². The molecule has 1 aromatic carbocycles. The van der Waals surface area contributed by atoms with Crippen molar-refractivity contribution in [2.75, 3.05) is 5.75 Å². The van der Waals surface area contributed by atoms with E-state index in [0.29, 0.717) is 18.1 Å². The SMILES string of the molecule is CCCCCCCCCCCSc1ncc(-c2ccc(OC(=O)C(Cl)CC(C)C)cc2)cn1. The van der Waals surface area contributed by atoms with E-state index in [2.05, 4.69) is 16.9 Å². The quantitative estimate of drug-likeness (QED) is 0.0590. The highest BCUT2D eigenvalue weighted by atomic mass is 35.5. The fraction of sp³-hybridized carbons (Fsp3) is 0.593. The summed E-state index contributed by atoms with van der Waals surface area (Å²) in [7, 11) is 0. The van der Waals surface area contributed by atoms with Crippen molar-refractivity contribution >= 4 is 29.3 Å². The second-order valence-electron chi connectivity index (χ2n) is 8.97. The Morgan fingerprint density at radius 3 is 2.06 bits per heavy atom. The van der Waals surface area contributed by atoms with Crippen LogP contribution >= 0.6 is 23.4 Å². The van der Waals surface area contributed by atoms with Gasteiger partial charge in [-0.05, 0) is 36.5 Å². The minimum atomic E-state index is -0.626. The van der Waals surface area contributed by atoms with Crippen molar-refractivity contribution in [2.45, 2.75) is 95.5 Å². The van der Waals surface area contributed by atoms with E-state index in [1.807, 2.05) is 38.4 Å². The fourth-order valence-electron chi connectivity index (χ4n) is 3.52. The average Bonchev–Trinajstić information content (AvgIpc) is 2.81. The minimum absolute atomic E-state index is 0.341. The number of thioether (sulfide) groups is 1. The van der Waals surface area contributed by atoms with Crippen LogP contribution < -0.4 is 4.74 Å². The molecular weight excluding hydrogens is 452 g/mol. The molecule has 0 bridgehead atoms. The Morgan fingerprint density at radius 1 is 0.909 bits per heavy atom. The predicted octanol–water partition coefficient (Wildman–Crippen LogP) is 8.33. The number of alkyl halides is 1. The Hall–Kier alpha value is -1.59. The molecule has 0 spiro atoms. The van der Waals surface area contributed by atoms with Gasteiger partial charge in [0, 0.05) is 23.7 Å². The van der Waals surface area contributed by atoms with Crippen LogP contribution in [-0.2, 0) is 4.79 Å². The summed E-state index contributed by atoms with van der Waals surface area (Å²) in [6, 6.07) is 7.36. The third-order valence-corrected chi connectivity index (χ3v) is 6.77. The van der Waals surface area contributed by atoms with Gasteiger partial charge in [0.05, 0.1) is 0 Å². The molecule has 0 aliphatic heterocycles. The standard InChI is InChI=1S/C27H39ClN2O2S/c1-4-5-6-7-8-9-10-11-12-17-33-27-29-19-23(20-30-27)22-13-15-24(16-14-22)32-26(31)25(28)18-21(2)3/h13-16,19-21,25H,4-12,17-18H2,1-3H3. The molecule has 33 heavy (non-hydrogen) atoms. The highest BCUT2D eigenvalue weighted by Gasteiger charge is 2.19. The summed E-state index contributed by atoms with van der Waals surface area (Å²) in [5, 5.41) is 0.195. The lowest BCUT2D eigenvalue weighted by atomic mass is 10.1. The molecule has 6 heteroatoms. The molecular formula is C27H39ClN2O2S. The maximum Gasteiger partial charge on any atom is 0.329 e. The smallest absolute Gasteiger partial charge is 0.329 e. The van der Waals surface area contributed by atoms with Crippen molar-refractivity contribution in [1.82, 2.24) is 9.97 Å². The lowest BCUT2D eigenvalue weighted by Gasteiger charge is -2.11. The monoisotopic (exact) mass is 490 g/mol. The van der Waals surface area contributed by atoms with Gasteiger partial charge in [-0.15, -0.1) is 11.6 Å². The normalized spacial score (nSPS) is 12.2. The molecule has 1 atom stereocenters. The van der Waals surface area contributed by atoms with Crippen molar-refractivity contribution < 1.29 is 9.53 Å². The van der Waals surface area contributed by atoms with E-state index in [1.54, 1.807) is 23.9 Å².